The van der Waals surface area contributed by atoms with Crippen molar-refractivity contribution in [1.29, 1.82) is 0 Å². The van der Waals surface area contributed by atoms with Gasteiger partial charge in [-0.05, 0) is 145 Å². The molecule has 16 rings (SSSR count). The second-order valence-corrected chi connectivity index (χ2v) is 34.4. The second kappa shape index (κ2) is 21.1. The minimum atomic E-state index is 0.182. The minimum Gasteiger partial charge on any atom is -0.230 e. The third-order valence-electron chi connectivity index (χ3n) is 14.9. The monoisotopic (exact) mass is 1230 g/mol. The number of benzene rings is 7. The molecule has 0 saturated heterocycles. The fraction of sp³-hybridized carbons (Fsp3) is 0.200. The number of rotatable bonds is 12. The Morgan fingerprint density at radius 3 is 0.538 bits per heavy atom. The lowest BCUT2D eigenvalue weighted by molar-refractivity contribution is 0.578. The van der Waals surface area contributed by atoms with Crippen molar-refractivity contribution in [1.82, 2.24) is 29.9 Å². The zero-order valence-electron chi connectivity index (χ0n) is 41.1. The lowest BCUT2D eigenvalue weighted by Crippen LogP contribution is -2.28. The Morgan fingerprint density at radius 2 is 0.385 bits per heavy atom. The first kappa shape index (κ1) is 49.8. The summed E-state index contributed by atoms with van der Waals surface area (Å²) in [4.78, 5) is 32.3. The molecule has 0 bridgehead atoms. The molecule has 18 heteroatoms. The smallest absolute Gasteiger partial charge is 0.151 e. The predicted octanol–water partition coefficient (Wildman–Crippen LogP) is 21.7. The molecule has 384 valence electrons. The van der Waals surface area contributed by atoms with Crippen molar-refractivity contribution >= 4 is 200 Å². The molecule has 6 aromatic heterocycles. The summed E-state index contributed by atoms with van der Waals surface area (Å²) in [5, 5.41) is 1.09. The van der Waals surface area contributed by atoms with Crippen molar-refractivity contribution in [3.63, 3.8) is 0 Å². The Hall–Kier alpha value is -4.02. The molecular formula is C60H42N6S12. The van der Waals surface area contributed by atoms with Gasteiger partial charge in [-0.2, -0.15) is 0 Å². The summed E-state index contributed by atoms with van der Waals surface area (Å²) in [5.41, 5.74) is 15.8. The van der Waals surface area contributed by atoms with Gasteiger partial charge in [-0.25, -0.2) is 29.9 Å². The third-order valence-corrected chi connectivity index (χ3v) is 29.4. The lowest BCUT2D eigenvalue weighted by Gasteiger charge is -2.45. The summed E-state index contributed by atoms with van der Waals surface area (Å²) in [7, 11) is 0. The topological polar surface area (TPSA) is 77.3 Å². The first-order valence-electron chi connectivity index (χ1n) is 25.9. The maximum absolute atomic E-state index is 5.38. The molecule has 7 aromatic carbocycles. The molecule has 6 atom stereocenters. The van der Waals surface area contributed by atoms with Gasteiger partial charge in [-0.1, -0.05) is 143 Å². The maximum Gasteiger partial charge on any atom is 0.151 e. The summed E-state index contributed by atoms with van der Waals surface area (Å²) in [6.07, 6.45) is 6.22. The number of hydrogen-bond donors (Lipinski definition) is 0. The van der Waals surface area contributed by atoms with Gasteiger partial charge in [0, 0.05) is 31.5 Å². The highest BCUT2D eigenvalue weighted by atomic mass is 32.2. The van der Waals surface area contributed by atoms with Crippen LogP contribution in [0.3, 0.4) is 0 Å². The highest BCUT2D eigenvalue weighted by Crippen LogP contribution is 2.68. The van der Waals surface area contributed by atoms with Gasteiger partial charge in [-0.3, -0.25) is 0 Å². The van der Waals surface area contributed by atoms with Crippen LogP contribution in [0.25, 0.3) is 61.3 Å². The molecule has 0 amide bonds. The quantitative estimate of drug-likeness (QED) is 0.117. The van der Waals surface area contributed by atoms with Crippen LogP contribution in [0, 0.1) is 0 Å². The van der Waals surface area contributed by atoms with Crippen LogP contribution >= 0.6 is 139 Å². The molecule has 0 radical (unpaired) electrons. The molecule has 13 aromatic rings. The second-order valence-electron chi connectivity index (χ2n) is 19.5. The Kier molecular flexibility index (Phi) is 13.4. The highest BCUT2D eigenvalue weighted by Gasteiger charge is 2.47. The molecule has 0 saturated carbocycles. The van der Waals surface area contributed by atoms with Gasteiger partial charge in [0.05, 0.1) is 61.3 Å². The fourth-order valence-electron chi connectivity index (χ4n) is 11.6. The Labute approximate surface area is 499 Å². The summed E-state index contributed by atoms with van der Waals surface area (Å²) in [6, 6.07) is 52.1. The van der Waals surface area contributed by atoms with Crippen molar-refractivity contribution in [2.75, 3.05) is 0 Å². The fourth-order valence-corrected chi connectivity index (χ4v) is 26.7. The van der Waals surface area contributed by atoms with Crippen LogP contribution in [0.15, 0.2) is 172 Å². The SMILES string of the molecule is c1ccc2sc(S[C@@H]3CC[C@@H](Sc4nc5ccccc5s4)c4c3c3c(c5c4[C@H](Sc4nc6ccccc6s4)CC[C@H]5Sc4nc5ccccc5s4)[C@H](Sc4nc5ccccc5s4)CC[C@H]3Sc3nc4ccccc4s3)nc2c1. The number of nitrogens with zero attached hydrogens (tertiary/aromatic N) is 6. The van der Waals surface area contributed by atoms with E-state index in [-0.39, 0.29) is 31.5 Å². The maximum atomic E-state index is 5.38. The number of thiazole rings is 6. The molecular weight excluding hydrogens is 1190 g/mol. The van der Waals surface area contributed by atoms with E-state index < -0.39 is 0 Å². The average molecular weight is 1230 g/mol. The Morgan fingerprint density at radius 1 is 0.231 bits per heavy atom. The first-order valence-corrected chi connectivity index (χ1v) is 36.1. The van der Waals surface area contributed by atoms with Crippen LogP contribution in [0.4, 0.5) is 0 Å². The van der Waals surface area contributed by atoms with E-state index in [0.29, 0.717) is 0 Å². The molecule has 0 unspecified atom stereocenters. The molecule has 0 aliphatic heterocycles. The van der Waals surface area contributed by atoms with Crippen LogP contribution in [-0.2, 0) is 0 Å². The van der Waals surface area contributed by atoms with Crippen molar-refractivity contribution in [3.05, 3.63) is 179 Å². The predicted molar refractivity (Wildman–Crippen MR) is 343 cm³/mol. The van der Waals surface area contributed by atoms with Gasteiger partial charge in [0.15, 0.2) is 26.0 Å². The van der Waals surface area contributed by atoms with Crippen LogP contribution < -0.4 is 0 Å². The van der Waals surface area contributed by atoms with Gasteiger partial charge in [0.2, 0.25) is 0 Å². The average Bonchev–Trinajstić information content (AvgIpc) is 3.66. The number of aromatic nitrogens is 6. The summed E-state index contributed by atoms with van der Waals surface area (Å²) < 4.78 is 14.3. The van der Waals surface area contributed by atoms with Gasteiger partial charge in [-0.15, -0.1) is 68.0 Å². The van der Waals surface area contributed by atoms with Gasteiger partial charge in [0.1, 0.15) is 0 Å². The van der Waals surface area contributed by atoms with Gasteiger partial charge >= 0.3 is 0 Å². The van der Waals surface area contributed by atoms with E-state index in [2.05, 4.69) is 146 Å². The van der Waals surface area contributed by atoms with Crippen LogP contribution in [0.2, 0.25) is 0 Å². The summed E-state index contributed by atoms with van der Waals surface area (Å²) in [5.74, 6) is 0. The zero-order valence-corrected chi connectivity index (χ0v) is 50.9. The number of thioether (sulfide) groups is 6. The van der Waals surface area contributed by atoms with Crippen LogP contribution in [0.5, 0.6) is 0 Å². The van der Waals surface area contributed by atoms with Crippen molar-refractivity contribution in [2.24, 2.45) is 0 Å². The highest BCUT2D eigenvalue weighted by molar-refractivity contribution is 8.03. The van der Waals surface area contributed by atoms with E-state index in [0.717, 1.165) is 97.7 Å². The van der Waals surface area contributed by atoms with Crippen molar-refractivity contribution in [2.45, 2.75) is 96.1 Å². The molecule has 6 nitrogen and oxygen atoms in total. The van der Waals surface area contributed by atoms with E-state index in [9.17, 15) is 0 Å². The van der Waals surface area contributed by atoms with E-state index in [1.54, 1.807) is 33.4 Å². The van der Waals surface area contributed by atoms with Gasteiger partial charge < -0.3 is 0 Å². The van der Waals surface area contributed by atoms with E-state index in [1.165, 1.54) is 28.2 Å². The number of hydrogen-bond acceptors (Lipinski definition) is 18. The van der Waals surface area contributed by atoms with Crippen LogP contribution in [0.1, 0.15) is 103 Å². The first-order chi connectivity index (χ1) is 38.5. The molecule has 3 aliphatic carbocycles. The Balaban J connectivity index is 0.971. The van der Waals surface area contributed by atoms with Crippen molar-refractivity contribution < 1.29 is 0 Å². The number of para-hydroxylation sites is 6. The van der Waals surface area contributed by atoms with Crippen molar-refractivity contribution in [3.8, 4) is 0 Å². The third kappa shape index (κ3) is 9.35. The van der Waals surface area contributed by atoms with Gasteiger partial charge in [0.25, 0.3) is 0 Å². The minimum absolute atomic E-state index is 0.182. The normalized spacial score (nSPS) is 20.3. The van der Waals surface area contributed by atoms with E-state index in [1.807, 2.05) is 139 Å². The lowest BCUT2D eigenvalue weighted by atomic mass is 9.71. The Bertz CT molecular complexity index is 3480. The zero-order chi connectivity index (χ0) is 51.3. The molecule has 0 N–H and O–H groups in total. The number of fused-ring (bicyclic) bond motifs is 12. The van der Waals surface area contributed by atoms with E-state index >= 15 is 0 Å². The summed E-state index contributed by atoms with van der Waals surface area (Å²) >= 11 is 23.2. The largest absolute Gasteiger partial charge is 0.230 e. The molecule has 3 aliphatic rings. The molecule has 0 spiro atoms. The molecule has 0 fully saturated rings. The molecule has 78 heavy (non-hydrogen) atoms. The van der Waals surface area contributed by atoms with E-state index in [4.69, 9.17) is 29.9 Å². The van der Waals surface area contributed by atoms with Crippen LogP contribution in [-0.4, -0.2) is 29.9 Å². The molecule has 6 heterocycles. The standard InChI is InChI=1S/C60H42N6S12/c1-7-19-37-31(13-1)61-55(67-37)73-43-25-26-44(74-56-62-32-14-2-8-20-38(32)68-56)50-49(43)51-45(75-57-63-33-15-3-9-21-39(33)69-57)27-28-46(76-58-64-34-16-4-10-22-40(34)70-58)53(51)54-48(78-60-66-36-18-6-12-24-42(36)72-60)30-29-47(52(50)54)77-59-65-35-17-5-11-23-41(35)71-59/h1-24,43-48H,25-30H2/t43-,44-,45-,46-,47-,48-/m1/s1. The summed E-state index contributed by atoms with van der Waals surface area (Å²) in [6.45, 7) is 0.